The van der Waals surface area contributed by atoms with E-state index in [1.807, 2.05) is 10.8 Å². The van der Waals surface area contributed by atoms with Crippen LogP contribution in [0.15, 0.2) is 35.0 Å². The maximum atomic E-state index is 13.1. The number of carbonyl (C=O) groups is 2. The van der Waals surface area contributed by atoms with Crippen molar-refractivity contribution >= 4 is 34.8 Å². The summed E-state index contributed by atoms with van der Waals surface area (Å²) < 4.78 is 13.1. The van der Waals surface area contributed by atoms with Crippen molar-refractivity contribution in [1.82, 2.24) is 15.1 Å². The number of nitrogens with one attached hydrogen (secondary N) is 1. The molecule has 2 heterocycles. The van der Waals surface area contributed by atoms with E-state index in [1.54, 1.807) is 11.0 Å². The van der Waals surface area contributed by atoms with Crippen LogP contribution in [0.5, 0.6) is 0 Å². The molecule has 1 aromatic heterocycles. The molecule has 1 N–H and O–H groups in total. The molecule has 26 heavy (non-hydrogen) atoms. The molecule has 0 unspecified atom stereocenters. The quantitative estimate of drug-likeness (QED) is 0.846. The van der Waals surface area contributed by atoms with Gasteiger partial charge in [0.2, 0.25) is 0 Å². The van der Waals surface area contributed by atoms with Crippen LogP contribution in [0.2, 0.25) is 5.02 Å². The van der Waals surface area contributed by atoms with Gasteiger partial charge in [-0.2, -0.15) is 11.3 Å². The lowest BCUT2D eigenvalue weighted by Crippen LogP contribution is -2.50. The second-order valence-electron chi connectivity index (χ2n) is 6.03. The predicted octanol–water partition coefficient (Wildman–Crippen LogP) is 2.73. The fourth-order valence-corrected chi connectivity index (χ4v) is 3.72. The highest BCUT2D eigenvalue weighted by Crippen LogP contribution is 2.19. The van der Waals surface area contributed by atoms with Crippen molar-refractivity contribution in [3.8, 4) is 0 Å². The standard InChI is InChI=1S/C18H19ClFN3O2S/c19-16-11-14(20)1-2-15(16)18(25)23-8-6-22(7-9-23)5-4-21-17(24)13-3-10-26-12-13/h1-3,10-12H,4-9H2,(H,21,24). The smallest absolute Gasteiger partial charge is 0.255 e. The van der Waals surface area contributed by atoms with E-state index in [4.69, 9.17) is 11.6 Å². The number of thiophene rings is 1. The highest BCUT2D eigenvalue weighted by molar-refractivity contribution is 7.08. The molecule has 2 amide bonds. The molecule has 0 atom stereocenters. The average Bonchev–Trinajstić information content (AvgIpc) is 3.16. The first-order valence-corrected chi connectivity index (χ1v) is 9.64. The first-order valence-electron chi connectivity index (χ1n) is 8.31. The Morgan fingerprint density at radius 3 is 2.62 bits per heavy atom. The van der Waals surface area contributed by atoms with Gasteiger partial charge in [-0.05, 0) is 29.6 Å². The Morgan fingerprint density at radius 1 is 1.19 bits per heavy atom. The summed E-state index contributed by atoms with van der Waals surface area (Å²) in [6.45, 7) is 3.88. The van der Waals surface area contributed by atoms with Crippen LogP contribution < -0.4 is 5.32 Å². The first kappa shape index (κ1) is 18.8. The molecule has 1 aliphatic rings. The van der Waals surface area contributed by atoms with Crippen LogP contribution in [0.3, 0.4) is 0 Å². The molecular formula is C18H19ClFN3O2S. The van der Waals surface area contributed by atoms with Gasteiger partial charge in [0.05, 0.1) is 10.6 Å². The summed E-state index contributed by atoms with van der Waals surface area (Å²) in [6, 6.07) is 5.62. The zero-order chi connectivity index (χ0) is 18.5. The van der Waals surface area contributed by atoms with E-state index in [0.29, 0.717) is 30.8 Å². The zero-order valence-electron chi connectivity index (χ0n) is 14.1. The Balaban J connectivity index is 1.44. The fourth-order valence-electron chi connectivity index (χ4n) is 2.83. The van der Waals surface area contributed by atoms with Gasteiger partial charge in [0.25, 0.3) is 11.8 Å². The van der Waals surface area contributed by atoms with Crippen molar-refractivity contribution in [3.63, 3.8) is 0 Å². The molecule has 0 spiro atoms. The van der Waals surface area contributed by atoms with Gasteiger partial charge in [0.15, 0.2) is 0 Å². The summed E-state index contributed by atoms with van der Waals surface area (Å²) >= 11 is 7.47. The fraction of sp³-hybridized carbons (Fsp3) is 0.333. The second kappa shape index (κ2) is 8.62. The molecule has 0 bridgehead atoms. The van der Waals surface area contributed by atoms with Crippen molar-refractivity contribution in [2.45, 2.75) is 0 Å². The molecule has 8 heteroatoms. The van der Waals surface area contributed by atoms with E-state index in [-0.39, 0.29) is 16.8 Å². The van der Waals surface area contributed by atoms with Crippen LogP contribution in [0.25, 0.3) is 0 Å². The number of nitrogens with zero attached hydrogens (tertiary/aromatic N) is 2. The Kier molecular flexibility index (Phi) is 6.24. The third-order valence-electron chi connectivity index (χ3n) is 4.32. The minimum atomic E-state index is -0.458. The largest absolute Gasteiger partial charge is 0.351 e. The van der Waals surface area contributed by atoms with Crippen molar-refractivity contribution in [2.75, 3.05) is 39.3 Å². The lowest BCUT2D eigenvalue weighted by atomic mass is 10.1. The average molecular weight is 396 g/mol. The summed E-state index contributed by atoms with van der Waals surface area (Å²) in [6.07, 6.45) is 0. The highest BCUT2D eigenvalue weighted by atomic mass is 35.5. The van der Waals surface area contributed by atoms with Crippen molar-refractivity contribution < 1.29 is 14.0 Å². The van der Waals surface area contributed by atoms with E-state index in [2.05, 4.69) is 10.2 Å². The topological polar surface area (TPSA) is 52.7 Å². The van der Waals surface area contributed by atoms with Crippen LogP contribution >= 0.6 is 22.9 Å². The van der Waals surface area contributed by atoms with Crippen LogP contribution in [0.1, 0.15) is 20.7 Å². The van der Waals surface area contributed by atoms with E-state index < -0.39 is 5.82 Å². The molecular weight excluding hydrogens is 377 g/mol. The summed E-state index contributed by atoms with van der Waals surface area (Å²) in [5.41, 5.74) is 1.01. The number of halogens is 2. The molecule has 1 aliphatic heterocycles. The van der Waals surface area contributed by atoms with Gasteiger partial charge in [-0.15, -0.1) is 0 Å². The molecule has 5 nitrogen and oxygen atoms in total. The number of benzene rings is 1. The van der Waals surface area contributed by atoms with Crippen molar-refractivity contribution in [2.24, 2.45) is 0 Å². The minimum Gasteiger partial charge on any atom is -0.351 e. The molecule has 0 saturated carbocycles. The number of hydrogen-bond acceptors (Lipinski definition) is 4. The molecule has 1 saturated heterocycles. The summed E-state index contributed by atoms with van der Waals surface area (Å²) in [5, 5.41) is 6.72. The van der Waals surface area contributed by atoms with Gasteiger partial charge in [-0.1, -0.05) is 11.6 Å². The predicted molar refractivity (Wildman–Crippen MR) is 100 cm³/mol. The Bertz CT molecular complexity index is 777. The SMILES string of the molecule is O=C(NCCN1CCN(C(=O)c2ccc(F)cc2Cl)CC1)c1ccsc1. The first-order chi connectivity index (χ1) is 12.5. The van der Waals surface area contributed by atoms with Gasteiger partial charge in [0.1, 0.15) is 5.82 Å². The number of rotatable bonds is 5. The Morgan fingerprint density at radius 2 is 1.96 bits per heavy atom. The van der Waals surface area contributed by atoms with Crippen LogP contribution in [-0.4, -0.2) is 60.9 Å². The number of carbonyl (C=O) groups excluding carboxylic acids is 2. The van der Waals surface area contributed by atoms with E-state index >= 15 is 0 Å². The maximum Gasteiger partial charge on any atom is 0.255 e. The molecule has 138 valence electrons. The summed E-state index contributed by atoms with van der Waals surface area (Å²) in [4.78, 5) is 28.3. The van der Waals surface area contributed by atoms with E-state index in [0.717, 1.165) is 25.7 Å². The normalized spacial score (nSPS) is 15.1. The number of piperazine rings is 1. The zero-order valence-corrected chi connectivity index (χ0v) is 15.7. The minimum absolute atomic E-state index is 0.0639. The lowest BCUT2D eigenvalue weighted by molar-refractivity contribution is 0.0638. The summed E-state index contributed by atoms with van der Waals surface area (Å²) in [5.74, 6) is -0.702. The third-order valence-corrected chi connectivity index (χ3v) is 5.31. The molecule has 0 radical (unpaired) electrons. The monoisotopic (exact) mass is 395 g/mol. The van der Waals surface area contributed by atoms with Gasteiger partial charge < -0.3 is 10.2 Å². The Labute approximate surface area is 160 Å². The van der Waals surface area contributed by atoms with Gasteiger partial charge in [0, 0.05) is 50.2 Å². The molecule has 1 aromatic carbocycles. The number of hydrogen-bond donors (Lipinski definition) is 1. The van der Waals surface area contributed by atoms with Gasteiger partial charge in [-0.25, -0.2) is 4.39 Å². The Hall–Kier alpha value is -1.96. The molecule has 0 aliphatic carbocycles. The van der Waals surface area contributed by atoms with Gasteiger partial charge in [-0.3, -0.25) is 14.5 Å². The molecule has 2 aromatic rings. The second-order valence-corrected chi connectivity index (χ2v) is 7.21. The van der Waals surface area contributed by atoms with Crippen LogP contribution in [0.4, 0.5) is 4.39 Å². The number of amides is 2. The third kappa shape index (κ3) is 4.60. The lowest BCUT2D eigenvalue weighted by Gasteiger charge is -2.34. The van der Waals surface area contributed by atoms with E-state index in [1.165, 1.54) is 23.5 Å². The van der Waals surface area contributed by atoms with Gasteiger partial charge >= 0.3 is 0 Å². The van der Waals surface area contributed by atoms with E-state index in [9.17, 15) is 14.0 Å². The molecule has 1 fully saturated rings. The highest BCUT2D eigenvalue weighted by Gasteiger charge is 2.23. The van der Waals surface area contributed by atoms with Crippen molar-refractivity contribution in [1.29, 1.82) is 0 Å². The molecule has 3 rings (SSSR count). The van der Waals surface area contributed by atoms with Crippen molar-refractivity contribution in [3.05, 3.63) is 57.0 Å². The van der Waals surface area contributed by atoms with Crippen LogP contribution in [0, 0.1) is 5.82 Å². The maximum absolute atomic E-state index is 13.1. The van der Waals surface area contributed by atoms with Crippen LogP contribution in [-0.2, 0) is 0 Å². The summed E-state index contributed by atoms with van der Waals surface area (Å²) in [7, 11) is 0.